The van der Waals surface area contributed by atoms with Gasteiger partial charge in [-0.05, 0) is 42.8 Å². The van der Waals surface area contributed by atoms with Gasteiger partial charge >= 0.3 is 6.18 Å². The number of amides is 1. The molecule has 0 spiro atoms. The second-order valence-electron chi connectivity index (χ2n) is 4.77. The molecule has 0 aliphatic carbocycles. The molecule has 0 heterocycles. The van der Waals surface area contributed by atoms with Crippen molar-refractivity contribution in [2.75, 3.05) is 0 Å². The molecule has 2 aromatic rings. The Kier molecular flexibility index (Phi) is 4.65. The van der Waals surface area contributed by atoms with Gasteiger partial charge in [-0.2, -0.15) is 13.2 Å². The third-order valence-electron chi connectivity index (χ3n) is 2.94. The number of hydrogen-bond acceptors (Lipinski definition) is 1. The first kappa shape index (κ1) is 15.8. The minimum absolute atomic E-state index is 0.304. The van der Waals surface area contributed by atoms with Crippen LogP contribution in [0.15, 0.2) is 60.3 Å². The Morgan fingerprint density at radius 2 is 1.73 bits per heavy atom. The van der Waals surface area contributed by atoms with Crippen LogP contribution in [-0.2, 0) is 6.18 Å². The number of carbonyl (C=O) groups excluding carboxylic acids is 1. The van der Waals surface area contributed by atoms with Gasteiger partial charge in [0.25, 0.3) is 5.91 Å². The first-order valence-corrected chi connectivity index (χ1v) is 6.58. The van der Waals surface area contributed by atoms with Gasteiger partial charge in [0.1, 0.15) is 0 Å². The van der Waals surface area contributed by atoms with Crippen molar-refractivity contribution in [2.24, 2.45) is 0 Å². The summed E-state index contributed by atoms with van der Waals surface area (Å²) in [5.74, 6) is -0.304. The summed E-state index contributed by atoms with van der Waals surface area (Å²) in [7, 11) is 0. The summed E-state index contributed by atoms with van der Waals surface area (Å²) in [6.45, 7) is 1.63. The Bertz CT molecular complexity index is 691. The molecule has 0 aromatic heterocycles. The average molecular weight is 305 g/mol. The van der Waals surface area contributed by atoms with Gasteiger partial charge in [-0.25, -0.2) is 0 Å². The number of hydrogen-bond donors (Lipinski definition) is 1. The van der Waals surface area contributed by atoms with Crippen molar-refractivity contribution in [1.29, 1.82) is 0 Å². The molecule has 1 N–H and O–H groups in total. The molecule has 5 heteroatoms. The molecule has 0 aliphatic rings. The standard InChI is InChI=1S/C17H14F3NO/c1-12(21-16(22)14-7-3-2-4-8-14)10-13-6-5-9-15(11-13)17(18,19)20/h2-11H,1H3,(H,21,22)/b12-10+. The van der Waals surface area contributed by atoms with E-state index in [2.05, 4.69) is 5.32 Å². The van der Waals surface area contributed by atoms with Crippen LogP contribution in [0, 0.1) is 0 Å². The van der Waals surface area contributed by atoms with Crippen LogP contribution in [0.1, 0.15) is 28.4 Å². The Morgan fingerprint density at radius 1 is 1.05 bits per heavy atom. The molecule has 2 rings (SSSR count). The summed E-state index contributed by atoms with van der Waals surface area (Å²) >= 11 is 0. The van der Waals surface area contributed by atoms with Crippen molar-refractivity contribution in [3.8, 4) is 0 Å². The van der Waals surface area contributed by atoms with Crippen molar-refractivity contribution >= 4 is 12.0 Å². The number of halogens is 3. The minimum Gasteiger partial charge on any atom is -0.326 e. The number of alkyl halides is 3. The molecular weight excluding hydrogens is 291 g/mol. The largest absolute Gasteiger partial charge is 0.416 e. The van der Waals surface area contributed by atoms with E-state index in [9.17, 15) is 18.0 Å². The van der Waals surface area contributed by atoms with E-state index in [-0.39, 0.29) is 5.91 Å². The van der Waals surface area contributed by atoms with Crippen LogP contribution in [-0.4, -0.2) is 5.91 Å². The third-order valence-corrected chi connectivity index (χ3v) is 2.94. The smallest absolute Gasteiger partial charge is 0.326 e. The molecule has 0 saturated heterocycles. The summed E-state index contributed by atoms with van der Waals surface area (Å²) in [5.41, 5.74) is 0.608. The van der Waals surface area contributed by atoms with Gasteiger partial charge in [-0.1, -0.05) is 30.3 Å². The second kappa shape index (κ2) is 6.47. The van der Waals surface area contributed by atoms with Crippen molar-refractivity contribution in [3.05, 3.63) is 77.0 Å². The maximum absolute atomic E-state index is 12.6. The van der Waals surface area contributed by atoms with E-state index < -0.39 is 11.7 Å². The predicted octanol–water partition coefficient (Wildman–Crippen LogP) is 4.50. The van der Waals surface area contributed by atoms with Gasteiger partial charge in [0.05, 0.1) is 5.56 Å². The monoisotopic (exact) mass is 305 g/mol. The van der Waals surface area contributed by atoms with E-state index in [4.69, 9.17) is 0 Å². The maximum Gasteiger partial charge on any atom is 0.416 e. The lowest BCUT2D eigenvalue weighted by atomic mass is 10.1. The van der Waals surface area contributed by atoms with E-state index >= 15 is 0 Å². The van der Waals surface area contributed by atoms with Gasteiger partial charge in [-0.15, -0.1) is 0 Å². The normalized spacial score (nSPS) is 12.1. The molecule has 0 unspecified atom stereocenters. The van der Waals surface area contributed by atoms with E-state index in [0.29, 0.717) is 16.8 Å². The van der Waals surface area contributed by atoms with Crippen LogP contribution in [0.5, 0.6) is 0 Å². The van der Waals surface area contributed by atoms with Gasteiger partial charge in [0.2, 0.25) is 0 Å². The van der Waals surface area contributed by atoms with E-state index in [1.807, 2.05) is 0 Å². The zero-order chi connectivity index (χ0) is 16.2. The molecular formula is C17H14F3NO. The first-order valence-electron chi connectivity index (χ1n) is 6.58. The van der Waals surface area contributed by atoms with Crippen molar-refractivity contribution in [1.82, 2.24) is 5.32 Å². The fraction of sp³-hybridized carbons (Fsp3) is 0.118. The molecule has 0 radical (unpaired) electrons. The fourth-order valence-electron chi connectivity index (χ4n) is 1.93. The van der Waals surface area contributed by atoms with Crippen LogP contribution in [0.4, 0.5) is 13.2 Å². The molecule has 0 saturated carbocycles. The number of benzene rings is 2. The zero-order valence-corrected chi connectivity index (χ0v) is 11.8. The summed E-state index contributed by atoms with van der Waals surface area (Å²) in [6, 6.07) is 13.5. The lowest BCUT2D eigenvalue weighted by Gasteiger charge is -2.08. The zero-order valence-electron chi connectivity index (χ0n) is 11.8. The van der Waals surface area contributed by atoms with Crippen molar-refractivity contribution < 1.29 is 18.0 Å². The lowest BCUT2D eigenvalue weighted by molar-refractivity contribution is -0.137. The van der Waals surface area contributed by atoms with E-state index in [1.54, 1.807) is 43.3 Å². The number of allylic oxidation sites excluding steroid dienone is 1. The highest BCUT2D eigenvalue weighted by Gasteiger charge is 2.30. The minimum atomic E-state index is -4.38. The van der Waals surface area contributed by atoms with Crippen LogP contribution >= 0.6 is 0 Å². The Morgan fingerprint density at radius 3 is 2.36 bits per heavy atom. The highest BCUT2D eigenvalue weighted by atomic mass is 19.4. The molecule has 1 amide bonds. The van der Waals surface area contributed by atoms with Gasteiger partial charge in [0.15, 0.2) is 0 Å². The topological polar surface area (TPSA) is 29.1 Å². The Balaban J connectivity index is 2.14. The van der Waals surface area contributed by atoms with Gasteiger partial charge in [-0.3, -0.25) is 4.79 Å². The van der Waals surface area contributed by atoms with Crippen molar-refractivity contribution in [3.63, 3.8) is 0 Å². The van der Waals surface area contributed by atoms with Crippen molar-refractivity contribution in [2.45, 2.75) is 13.1 Å². The van der Waals surface area contributed by atoms with E-state index in [1.165, 1.54) is 12.1 Å². The molecule has 2 nitrogen and oxygen atoms in total. The Hall–Kier alpha value is -2.56. The molecule has 0 aliphatic heterocycles. The summed E-state index contributed by atoms with van der Waals surface area (Å²) in [4.78, 5) is 11.9. The van der Waals surface area contributed by atoms with Crippen LogP contribution < -0.4 is 5.32 Å². The Labute approximate surface area is 126 Å². The second-order valence-corrected chi connectivity index (χ2v) is 4.77. The SMILES string of the molecule is C/C(=C\c1cccc(C(F)(F)F)c1)NC(=O)c1ccccc1. The van der Waals surface area contributed by atoms with Gasteiger partial charge in [0, 0.05) is 11.3 Å². The van der Waals surface area contributed by atoms with Gasteiger partial charge < -0.3 is 5.32 Å². The molecule has 2 aromatic carbocycles. The van der Waals surface area contributed by atoms with Crippen LogP contribution in [0.25, 0.3) is 6.08 Å². The first-order chi connectivity index (χ1) is 10.4. The maximum atomic E-state index is 12.6. The molecule has 22 heavy (non-hydrogen) atoms. The molecule has 114 valence electrons. The number of nitrogens with one attached hydrogen (secondary N) is 1. The highest BCUT2D eigenvalue weighted by molar-refractivity contribution is 5.95. The fourth-order valence-corrected chi connectivity index (χ4v) is 1.93. The highest BCUT2D eigenvalue weighted by Crippen LogP contribution is 2.29. The average Bonchev–Trinajstić information content (AvgIpc) is 2.47. The summed E-state index contributed by atoms with van der Waals surface area (Å²) in [5, 5.41) is 2.64. The quantitative estimate of drug-likeness (QED) is 0.889. The summed E-state index contributed by atoms with van der Waals surface area (Å²) in [6.07, 6.45) is -2.89. The lowest BCUT2D eigenvalue weighted by Crippen LogP contribution is -2.21. The predicted molar refractivity (Wildman–Crippen MR) is 79.0 cm³/mol. The van der Waals surface area contributed by atoms with Crippen LogP contribution in [0.3, 0.4) is 0 Å². The molecule has 0 bridgehead atoms. The number of carbonyl (C=O) groups is 1. The van der Waals surface area contributed by atoms with Crippen LogP contribution in [0.2, 0.25) is 0 Å². The van der Waals surface area contributed by atoms with E-state index in [0.717, 1.165) is 12.1 Å². The third kappa shape index (κ3) is 4.22. The molecule has 0 fully saturated rings. The molecule has 0 atom stereocenters. The number of rotatable bonds is 3. The summed E-state index contributed by atoms with van der Waals surface area (Å²) < 4.78 is 37.9.